The van der Waals surface area contributed by atoms with E-state index in [2.05, 4.69) is 10.3 Å². The number of halogens is 1. The number of methoxy groups -OCH3 is 1. The van der Waals surface area contributed by atoms with E-state index in [0.717, 1.165) is 28.9 Å². The first-order valence-electron chi connectivity index (χ1n) is 9.46. The summed E-state index contributed by atoms with van der Waals surface area (Å²) in [6.45, 7) is 2.11. The molecule has 6 heteroatoms. The van der Waals surface area contributed by atoms with Crippen LogP contribution in [0.15, 0.2) is 54.9 Å². The molecule has 3 aromatic rings. The topological polar surface area (TPSA) is 60.5 Å². The zero-order chi connectivity index (χ0) is 20.4. The molecule has 1 aliphatic heterocycles. The van der Waals surface area contributed by atoms with Crippen molar-refractivity contribution < 1.29 is 18.7 Å². The number of carbonyl (C=O) groups excluding carboxylic acids is 1. The fourth-order valence-corrected chi connectivity index (χ4v) is 3.52. The monoisotopic (exact) mass is 392 g/mol. The van der Waals surface area contributed by atoms with Crippen LogP contribution in [0, 0.1) is 5.82 Å². The first-order valence-corrected chi connectivity index (χ1v) is 9.46. The summed E-state index contributed by atoms with van der Waals surface area (Å²) in [5.74, 6) is 0.629. The van der Waals surface area contributed by atoms with E-state index in [0.29, 0.717) is 16.9 Å². The van der Waals surface area contributed by atoms with Crippen LogP contribution in [0.5, 0.6) is 11.5 Å². The average molecular weight is 392 g/mol. The number of pyridine rings is 1. The maximum atomic E-state index is 14.0. The number of amides is 1. The van der Waals surface area contributed by atoms with Crippen molar-refractivity contribution in [2.75, 3.05) is 7.11 Å². The van der Waals surface area contributed by atoms with Gasteiger partial charge in [0.15, 0.2) is 0 Å². The second-order valence-corrected chi connectivity index (χ2v) is 6.83. The molecular weight excluding hydrogens is 371 g/mol. The van der Waals surface area contributed by atoms with E-state index in [1.165, 1.54) is 13.2 Å². The fraction of sp³-hybridized carbons (Fsp3) is 0.217. The molecule has 0 spiro atoms. The number of hydrogen-bond acceptors (Lipinski definition) is 4. The molecule has 2 heterocycles. The van der Waals surface area contributed by atoms with Crippen molar-refractivity contribution in [2.24, 2.45) is 0 Å². The Bertz CT molecular complexity index is 1070. The Morgan fingerprint density at radius 3 is 2.86 bits per heavy atom. The van der Waals surface area contributed by atoms with Gasteiger partial charge in [-0.3, -0.25) is 9.78 Å². The fourth-order valence-electron chi connectivity index (χ4n) is 3.52. The number of carbonyl (C=O) groups is 1. The number of hydrogen-bond donors (Lipinski definition) is 1. The minimum Gasteiger partial charge on any atom is -0.497 e. The van der Waals surface area contributed by atoms with Gasteiger partial charge < -0.3 is 14.8 Å². The summed E-state index contributed by atoms with van der Waals surface area (Å²) in [5, 5.41) is 2.78. The molecule has 4 rings (SSSR count). The molecule has 29 heavy (non-hydrogen) atoms. The van der Waals surface area contributed by atoms with Gasteiger partial charge in [-0.15, -0.1) is 0 Å². The number of nitrogens with one attached hydrogen (secondary N) is 1. The van der Waals surface area contributed by atoms with Gasteiger partial charge in [-0.2, -0.15) is 0 Å². The van der Waals surface area contributed by atoms with Crippen LogP contribution >= 0.6 is 0 Å². The van der Waals surface area contributed by atoms with Crippen molar-refractivity contribution in [3.8, 4) is 22.6 Å². The summed E-state index contributed by atoms with van der Waals surface area (Å²) in [4.78, 5) is 16.8. The molecule has 0 radical (unpaired) electrons. The third kappa shape index (κ3) is 3.66. The highest BCUT2D eigenvalue weighted by Gasteiger charge is 2.26. The Balaban J connectivity index is 1.58. The van der Waals surface area contributed by atoms with Crippen LogP contribution in [0.25, 0.3) is 11.1 Å². The quantitative estimate of drug-likeness (QED) is 0.686. The zero-order valence-electron chi connectivity index (χ0n) is 16.2. The average Bonchev–Trinajstić information content (AvgIpc) is 2.77. The Morgan fingerprint density at radius 1 is 1.21 bits per heavy atom. The van der Waals surface area contributed by atoms with Gasteiger partial charge in [-0.25, -0.2) is 4.39 Å². The molecule has 148 valence electrons. The van der Waals surface area contributed by atoms with E-state index in [9.17, 15) is 9.18 Å². The molecule has 0 saturated carbocycles. The van der Waals surface area contributed by atoms with Crippen LogP contribution in [0.2, 0.25) is 0 Å². The smallest absolute Gasteiger partial charge is 0.251 e. The molecule has 5 nitrogen and oxygen atoms in total. The van der Waals surface area contributed by atoms with E-state index in [1.54, 1.807) is 30.6 Å². The van der Waals surface area contributed by atoms with Crippen molar-refractivity contribution >= 4 is 5.91 Å². The lowest BCUT2D eigenvalue weighted by atomic mass is 9.91. The number of nitrogens with zero attached hydrogens (tertiary/aromatic N) is 1. The van der Waals surface area contributed by atoms with Crippen molar-refractivity contribution in [3.63, 3.8) is 0 Å². The van der Waals surface area contributed by atoms with E-state index < -0.39 is 0 Å². The Labute approximate surface area is 168 Å². The molecule has 1 aromatic heterocycles. The molecule has 2 aromatic carbocycles. The van der Waals surface area contributed by atoms with Crippen molar-refractivity contribution in [3.05, 3.63) is 77.4 Å². The normalized spacial score (nSPS) is 14.4. The van der Waals surface area contributed by atoms with E-state index in [4.69, 9.17) is 9.47 Å². The van der Waals surface area contributed by atoms with E-state index in [1.807, 2.05) is 25.1 Å². The molecule has 1 unspecified atom stereocenters. The van der Waals surface area contributed by atoms with Gasteiger partial charge in [0.05, 0.1) is 13.3 Å². The van der Waals surface area contributed by atoms with Gasteiger partial charge >= 0.3 is 0 Å². The largest absolute Gasteiger partial charge is 0.497 e. The lowest BCUT2D eigenvalue weighted by molar-refractivity contribution is 0.0950. The number of ether oxygens (including phenoxy) is 2. The van der Waals surface area contributed by atoms with Gasteiger partial charge in [0.25, 0.3) is 5.91 Å². The number of fused-ring (bicyclic) bond motifs is 3. The SMILES string of the molecule is CCC1Oc2cnccc2-c2ccc(C(=O)NCc3cc(OC)ccc3F)cc21. The summed E-state index contributed by atoms with van der Waals surface area (Å²) >= 11 is 0. The standard InChI is InChI=1S/C23H21FN2O3/c1-3-21-19-11-14(4-6-17(19)18-8-9-25-13-22(18)29-21)23(27)26-12-15-10-16(28-2)5-7-20(15)24/h4-11,13,21H,3,12H2,1-2H3,(H,26,27). The minimum atomic E-state index is -0.388. The molecule has 0 fully saturated rings. The number of aromatic nitrogens is 1. The number of rotatable bonds is 5. The Hall–Kier alpha value is -3.41. The highest BCUT2D eigenvalue weighted by atomic mass is 19.1. The molecule has 1 atom stereocenters. The maximum Gasteiger partial charge on any atom is 0.251 e. The van der Waals surface area contributed by atoms with Crippen LogP contribution in [0.1, 0.15) is 40.9 Å². The minimum absolute atomic E-state index is 0.0706. The molecular formula is C23H21FN2O3. The first kappa shape index (κ1) is 18.9. The lowest BCUT2D eigenvalue weighted by Crippen LogP contribution is -2.24. The van der Waals surface area contributed by atoms with E-state index in [-0.39, 0.29) is 24.4 Å². The van der Waals surface area contributed by atoms with Crippen LogP contribution in [0.3, 0.4) is 0 Å². The van der Waals surface area contributed by atoms with Crippen LogP contribution < -0.4 is 14.8 Å². The highest BCUT2D eigenvalue weighted by Crippen LogP contribution is 2.43. The Kier molecular flexibility index (Phi) is 5.16. The molecule has 1 aliphatic rings. The lowest BCUT2D eigenvalue weighted by Gasteiger charge is -2.28. The predicted octanol–water partition coefficient (Wildman–Crippen LogP) is 4.67. The summed E-state index contributed by atoms with van der Waals surface area (Å²) in [7, 11) is 1.52. The molecule has 1 N–H and O–H groups in total. The zero-order valence-corrected chi connectivity index (χ0v) is 16.2. The third-order valence-electron chi connectivity index (χ3n) is 5.07. The maximum absolute atomic E-state index is 14.0. The van der Waals surface area contributed by atoms with Gasteiger partial charge in [-0.05, 0) is 48.4 Å². The van der Waals surface area contributed by atoms with E-state index >= 15 is 0 Å². The van der Waals surface area contributed by atoms with Gasteiger partial charge in [-0.1, -0.05) is 13.0 Å². The van der Waals surface area contributed by atoms with Gasteiger partial charge in [0, 0.05) is 35.0 Å². The van der Waals surface area contributed by atoms with Gasteiger partial charge in [0.2, 0.25) is 0 Å². The highest BCUT2D eigenvalue weighted by molar-refractivity contribution is 5.95. The van der Waals surface area contributed by atoms with Crippen LogP contribution in [0.4, 0.5) is 4.39 Å². The van der Waals surface area contributed by atoms with Crippen molar-refractivity contribution in [1.29, 1.82) is 0 Å². The van der Waals surface area contributed by atoms with Crippen LogP contribution in [-0.2, 0) is 6.54 Å². The van der Waals surface area contributed by atoms with Crippen LogP contribution in [-0.4, -0.2) is 18.0 Å². The Morgan fingerprint density at radius 2 is 2.07 bits per heavy atom. The first-order chi connectivity index (χ1) is 14.1. The summed E-state index contributed by atoms with van der Waals surface area (Å²) in [6, 6.07) is 11.9. The second-order valence-electron chi connectivity index (χ2n) is 6.83. The predicted molar refractivity (Wildman–Crippen MR) is 107 cm³/mol. The molecule has 0 aliphatic carbocycles. The van der Waals surface area contributed by atoms with Gasteiger partial charge in [0.1, 0.15) is 23.4 Å². The van der Waals surface area contributed by atoms with Crippen molar-refractivity contribution in [1.82, 2.24) is 10.3 Å². The number of benzene rings is 2. The summed E-state index contributed by atoms with van der Waals surface area (Å²) < 4.78 is 25.2. The summed E-state index contributed by atoms with van der Waals surface area (Å²) in [5.41, 5.74) is 3.84. The molecule has 0 saturated heterocycles. The molecule has 0 bridgehead atoms. The summed E-state index contributed by atoms with van der Waals surface area (Å²) in [6.07, 6.45) is 4.05. The third-order valence-corrected chi connectivity index (χ3v) is 5.07. The second kappa shape index (κ2) is 7.91. The molecule has 1 amide bonds. The van der Waals surface area contributed by atoms with Crippen molar-refractivity contribution in [2.45, 2.75) is 26.0 Å².